The summed E-state index contributed by atoms with van der Waals surface area (Å²) in [6.07, 6.45) is 0. The fourth-order valence-electron chi connectivity index (χ4n) is 1.79. The van der Waals surface area contributed by atoms with Crippen molar-refractivity contribution in [2.45, 2.75) is 20.5 Å². The summed E-state index contributed by atoms with van der Waals surface area (Å²) in [6.45, 7) is 3.98. The first-order valence-electron chi connectivity index (χ1n) is 5.38. The van der Waals surface area contributed by atoms with Crippen LogP contribution in [-0.2, 0) is 6.61 Å². The van der Waals surface area contributed by atoms with Crippen LogP contribution in [0.2, 0.25) is 0 Å². The van der Waals surface area contributed by atoms with E-state index >= 15 is 0 Å². The van der Waals surface area contributed by atoms with E-state index in [2.05, 4.69) is 4.98 Å². The van der Waals surface area contributed by atoms with Gasteiger partial charge < -0.3 is 9.84 Å². The summed E-state index contributed by atoms with van der Waals surface area (Å²) in [6, 6.07) is 5.97. The maximum absolute atomic E-state index is 9.36. The maximum atomic E-state index is 9.36. The second-order valence-electron chi connectivity index (χ2n) is 3.87. The molecule has 2 aromatic rings. The average Bonchev–Trinajstić information content (AvgIpc) is 2.70. The van der Waals surface area contributed by atoms with E-state index in [9.17, 15) is 5.11 Å². The van der Waals surface area contributed by atoms with Crippen molar-refractivity contribution in [2.75, 3.05) is 7.11 Å². The lowest BCUT2D eigenvalue weighted by molar-refractivity contribution is 0.286. The largest absolute Gasteiger partial charge is 0.496 e. The molecule has 0 fully saturated rings. The van der Waals surface area contributed by atoms with E-state index in [-0.39, 0.29) is 6.61 Å². The molecule has 0 aliphatic heterocycles. The highest BCUT2D eigenvalue weighted by Crippen LogP contribution is 2.35. The zero-order valence-electron chi connectivity index (χ0n) is 10.2. The maximum Gasteiger partial charge on any atom is 0.128 e. The number of benzene rings is 1. The molecule has 1 aromatic heterocycles. The van der Waals surface area contributed by atoms with Gasteiger partial charge in [-0.15, -0.1) is 11.3 Å². The highest BCUT2D eigenvalue weighted by molar-refractivity contribution is 7.12. The third kappa shape index (κ3) is 2.33. The number of aromatic nitrogens is 1. The van der Waals surface area contributed by atoms with E-state index in [0.29, 0.717) is 0 Å². The molecule has 0 atom stereocenters. The lowest BCUT2D eigenvalue weighted by Crippen LogP contribution is -1.92. The quantitative estimate of drug-likeness (QED) is 0.909. The first kappa shape index (κ1) is 12.1. The van der Waals surface area contributed by atoms with Crippen molar-refractivity contribution >= 4 is 11.3 Å². The first-order valence-corrected chi connectivity index (χ1v) is 6.19. The second kappa shape index (κ2) is 4.85. The summed E-state index contributed by atoms with van der Waals surface area (Å²) in [5, 5.41) is 10.3. The van der Waals surface area contributed by atoms with Gasteiger partial charge in [-0.3, -0.25) is 0 Å². The predicted octanol–water partition coefficient (Wildman–Crippen LogP) is 2.93. The van der Waals surface area contributed by atoms with E-state index in [1.165, 1.54) is 11.3 Å². The number of methoxy groups -OCH3 is 1. The van der Waals surface area contributed by atoms with Crippen LogP contribution in [0.15, 0.2) is 18.2 Å². The molecule has 4 heteroatoms. The standard InChI is InChI=1S/C13H15NO2S/c1-8-4-5-11(16-3)10(6-8)13-12(7-15)17-9(2)14-13/h4-6,15H,7H2,1-3H3. The molecule has 0 aliphatic rings. The minimum absolute atomic E-state index is 0.0118. The number of hydrogen-bond acceptors (Lipinski definition) is 4. The number of aliphatic hydroxyl groups excluding tert-OH is 1. The number of aryl methyl sites for hydroxylation is 2. The SMILES string of the molecule is COc1ccc(C)cc1-c1nc(C)sc1CO. The molecular weight excluding hydrogens is 234 g/mol. The van der Waals surface area contributed by atoms with Gasteiger partial charge in [0.25, 0.3) is 0 Å². The molecule has 0 saturated heterocycles. The number of aliphatic hydroxyl groups is 1. The Bertz CT molecular complexity index is 534. The zero-order valence-corrected chi connectivity index (χ0v) is 11.0. The normalized spacial score (nSPS) is 10.6. The van der Waals surface area contributed by atoms with Gasteiger partial charge in [-0.2, -0.15) is 0 Å². The molecule has 90 valence electrons. The van der Waals surface area contributed by atoms with Crippen LogP contribution in [0.3, 0.4) is 0 Å². The van der Waals surface area contributed by atoms with Crippen molar-refractivity contribution in [1.82, 2.24) is 4.98 Å². The van der Waals surface area contributed by atoms with Crippen LogP contribution in [0.4, 0.5) is 0 Å². The van der Waals surface area contributed by atoms with Gasteiger partial charge in [0, 0.05) is 5.56 Å². The lowest BCUT2D eigenvalue weighted by Gasteiger charge is -2.08. The molecule has 1 heterocycles. The van der Waals surface area contributed by atoms with Gasteiger partial charge in [0.1, 0.15) is 5.75 Å². The minimum Gasteiger partial charge on any atom is -0.496 e. The lowest BCUT2D eigenvalue weighted by atomic mass is 10.1. The van der Waals surface area contributed by atoms with E-state index in [0.717, 1.165) is 32.5 Å². The van der Waals surface area contributed by atoms with Crippen LogP contribution >= 0.6 is 11.3 Å². The number of hydrogen-bond donors (Lipinski definition) is 1. The second-order valence-corrected chi connectivity index (χ2v) is 5.15. The van der Waals surface area contributed by atoms with Crippen molar-refractivity contribution < 1.29 is 9.84 Å². The molecule has 0 aliphatic carbocycles. The molecule has 0 unspecified atom stereocenters. The third-order valence-electron chi connectivity index (χ3n) is 2.56. The Morgan fingerprint density at radius 3 is 2.76 bits per heavy atom. The van der Waals surface area contributed by atoms with E-state index < -0.39 is 0 Å². The Morgan fingerprint density at radius 2 is 2.12 bits per heavy atom. The summed E-state index contributed by atoms with van der Waals surface area (Å²) in [7, 11) is 1.64. The van der Waals surface area contributed by atoms with Gasteiger partial charge in [0.15, 0.2) is 0 Å². The van der Waals surface area contributed by atoms with Gasteiger partial charge in [0.05, 0.1) is 29.3 Å². The molecule has 0 radical (unpaired) electrons. The Balaban J connectivity index is 2.61. The third-order valence-corrected chi connectivity index (χ3v) is 3.51. The van der Waals surface area contributed by atoms with Crippen LogP contribution in [0.5, 0.6) is 5.75 Å². The Kier molecular flexibility index (Phi) is 3.45. The summed E-state index contributed by atoms with van der Waals surface area (Å²) in [5.41, 5.74) is 2.92. The fraction of sp³-hybridized carbons (Fsp3) is 0.308. The summed E-state index contributed by atoms with van der Waals surface area (Å²) in [5.74, 6) is 0.788. The molecule has 0 bridgehead atoms. The van der Waals surface area contributed by atoms with Crippen molar-refractivity contribution in [2.24, 2.45) is 0 Å². The van der Waals surface area contributed by atoms with Crippen molar-refractivity contribution in [1.29, 1.82) is 0 Å². The monoisotopic (exact) mass is 249 g/mol. The smallest absolute Gasteiger partial charge is 0.128 e. The van der Waals surface area contributed by atoms with E-state index in [1.807, 2.05) is 32.0 Å². The topological polar surface area (TPSA) is 42.4 Å². The molecule has 0 amide bonds. The van der Waals surface area contributed by atoms with Gasteiger partial charge >= 0.3 is 0 Å². The number of ether oxygens (including phenoxy) is 1. The van der Waals surface area contributed by atoms with Crippen molar-refractivity contribution in [3.63, 3.8) is 0 Å². The molecular formula is C13H15NO2S. The summed E-state index contributed by atoms with van der Waals surface area (Å²) >= 11 is 1.52. The zero-order chi connectivity index (χ0) is 12.4. The van der Waals surface area contributed by atoms with Crippen LogP contribution in [0.25, 0.3) is 11.3 Å². The van der Waals surface area contributed by atoms with Gasteiger partial charge in [-0.25, -0.2) is 4.98 Å². The van der Waals surface area contributed by atoms with Crippen molar-refractivity contribution in [3.05, 3.63) is 33.6 Å². The van der Waals surface area contributed by atoms with E-state index in [4.69, 9.17) is 4.74 Å². The summed E-state index contributed by atoms with van der Waals surface area (Å²) < 4.78 is 5.35. The highest BCUT2D eigenvalue weighted by atomic mass is 32.1. The highest BCUT2D eigenvalue weighted by Gasteiger charge is 2.14. The molecule has 1 aromatic carbocycles. The molecule has 17 heavy (non-hydrogen) atoms. The molecule has 3 nitrogen and oxygen atoms in total. The predicted molar refractivity (Wildman–Crippen MR) is 69.5 cm³/mol. The fourth-order valence-corrected chi connectivity index (χ4v) is 2.60. The van der Waals surface area contributed by atoms with Crippen LogP contribution in [-0.4, -0.2) is 17.2 Å². The number of thiazole rings is 1. The Hall–Kier alpha value is -1.39. The van der Waals surface area contributed by atoms with Crippen LogP contribution < -0.4 is 4.74 Å². The van der Waals surface area contributed by atoms with E-state index in [1.54, 1.807) is 7.11 Å². The van der Waals surface area contributed by atoms with Crippen molar-refractivity contribution in [3.8, 4) is 17.0 Å². The Morgan fingerprint density at radius 1 is 1.35 bits per heavy atom. The molecule has 0 saturated carbocycles. The number of nitrogens with zero attached hydrogens (tertiary/aromatic N) is 1. The first-order chi connectivity index (χ1) is 8.15. The van der Waals surface area contributed by atoms with Gasteiger partial charge in [-0.1, -0.05) is 11.6 Å². The molecule has 1 N–H and O–H groups in total. The van der Waals surface area contributed by atoms with Gasteiger partial charge in [-0.05, 0) is 26.0 Å². The Labute approximate surface area is 105 Å². The number of rotatable bonds is 3. The van der Waals surface area contributed by atoms with Crippen LogP contribution in [0, 0.1) is 13.8 Å². The minimum atomic E-state index is 0.0118. The average molecular weight is 249 g/mol. The van der Waals surface area contributed by atoms with Gasteiger partial charge in [0.2, 0.25) is 0 Å². The van der Waals surface area contributed by atoms with Crippen LogP contribution in [0.1, 0.15) is 15.4 Å². The molecule has 0 spiro atoms. The summed E-state index contributed by atoms with van der Waals surface area (Å²) in [4.78, 5) is 5.36. The molecule has 2 rings (SSSR count).